The highest BCUT2D eigenvalue weighted by Crippen LogP contribution is 2.44. The molecule has 1 aromatic carbocycles. The van der Waals surface area contributed by atoms with Crippen molar-refractivity contribution in [2.75, 3.05) is 13.7 Å². The minimum absolute atomic E-state index is 0.0291. The van der Waals surface area contributed by atoms with Crippen LogP contribution in [0.4, 0.5) is 0 Å². The number of guanidine groups is 1. The fourth-order valence-corrected chi connectivity index (χ4v) is 5.15. The van der Waals surface area contributed by atoms with E-state index in [-0.39, 0.29) is 12.5 Å². The van der Waals surface area contributed by atoms with Crippen LogP contribution in [0, 0.1) is 19.8 Å². The second-order valence-electron chi connectivity index (χ2n) is 9.11. The van der Waals surface area contributed by atoms with Gasteiger partial charge < -0.3 is 10.5 Å². The molecule has 1 unspecified atom stereocenters. The van der Waals surface area contributed by atoms with E-state index in [9.17, 15) is 4.79 Å². The molecular weight excluding hydrogens is 350 g/mol. The monoisotopic (exact) mass is 383 g/mol. The summed E-state index contributed by atoms with van der Waals surface area (Å²) in [6, 6.07) is 4.23. The molecule has 1 amide bonds. The summed E-state index contributed by atoms with van der Waals surface area (Å²) >= 11 is 0. The maximum atomic E-state index is 13.1. The van der Waals surface area contributed by atoms with E-state index in [1.807, 2.05) is 0 Å². The van der Waals surface area contributed by atoms with Crippen molar-refractivity contribution < 1.29 is 9.53 Å². The highest BCUT2D eigenvalue weighted by atomic mass is 16.5. The average molecular weight is 384 g/mol. The molecule has 1 heterocycles. The molecule has 5 heteroatoms. The quantitative estimate of drug-likeness (QED) is 0.805. The lowest BCUT2D eigenvalue weighted by Gasteiger charge is -2.31. The number of carbonyl (C=O) groups is 1. The lowest BCUT2D eigenvalue weighted by Crippen LogP contribution is -2.47. The van der Waals surface area contributed by atoms with Gasteiger partial charge in [0.05, 0.1) is 0 Å². The Morgan fingerprint density at radius 1 is 1.14 bits per heavy atom. The molecule has 5 nitrogen and oxygen atoms in total. The standard InChI is InChI=1S/C23H33N3O2/c1-15-11-19(12-16(2)20(15)18-9-10-18)28-14-23(13-17-7-5-4-6-8-17)21(27)26(3)22(24)25-23/h11-12,17-18H,4-10,13-14H2,1-3H3,(H2,24,25). The van der Waals surface area contributed by atoms with Gasteiger partial charge in [-0.2, -0.15) is 0 Å². The lowest BCUT2D eigenvalue weighted by molar-refractivity contribution is -0.132. The fraction of sp³-hybridized carbons (Fsp3) is 0.652. The first-order chi connectivity index (χ1) is 13.4. The molecule has 2 fully saturated rings. The summed E-state index contributed by atoms with van der Waals surface area (Å²) in [5.74, 6) is 2.35. The normalized spacial score (nSPS) is 25.9. The maximum absolute atomic E-state index is 13.1. The van der Waals surface area contributed by atoms with Gasteiger partial charge in [-0.05, 0) is 73.8 Å². The first-order valence-corrected chi connectivity index (χ1v) is 10.8. The third kappa shape index (κ3) is 3.63. The molecule has 2 N–H and O–H groups in total. The molecule has 1 aromatic rings. The van der Waals surface area contributed by atoms with Crippen molar-refractivity contribution >= 4 is 11.9 Å². The summed E-state index contributed by atoms with van der Waals surface area (Å²) in [6.07, 6.45) is 9.44. The fourth-order valence-electron chi connectivity index (χ4n) is 5.15. The van der Waals surface area contributed by atoms with Crippen molar-refractivity contribution in [2.45, 2.75) is 76.7 Å². The first kappa shape index (κ1) is 19.3. The van der Waals surface area contributed by atoms with E-state index in [0.29, 0.717) is 11.9 Å². The molecule has 0 spiro atoms. The molecule has 2 saturated carbocycles. The van der Waals surface area contributed by atoms with Gasteiger partial charge in [0.2, 0.25) is 0 Å². The molecule has 28 heavy (non-hydrogen) atoms. The minimum Gasteiger partial charge on any atom is -0.490 e. The minimum atomic E-state index is -0.877. The number of ether oxygens (including phenoxy) is 1. The van der Waals surface area contributed by atoms with Crippen molar-refractivity contribution in [3.63, 3.8) is 0 Å². The molecule has 152 valence electrons. The summed E-state index contributed by atoms with van der Waals surface area (Å²) in [4.78, 5) is 19.2. The van der Waals surface area contributed by atoms with Gasteiger partial charge in [0.25, 0.3) is 5.91 Å². The third-order valence-electron chi connectivity index (χ3n) is 6.76. The number of carbonyl (C=O) groups excluding carboxylic acids is 1. The van der Waals surface area contributed by atoms with E-state index in [1.165, 1.54) is 66.5 Å². The van der Waals surface area contributed by atoms with Crippen LogP contribution in [0.2, 0.25) is 0 Å². The topological polar surface area (TPSA) is 67.9 Å². The van der Waals surface area contributed by atoms with Gasteiger partial charge in [-0.3, -0.25) is 9.69 Å². The van der Waals surface area contributed by atoms with Crippen LogP contribution in [0.25, 0.3) is 0 Å². The number of hydrogen-bond acceptors (Lipinski definition) is 4. The van der Waals surface area contributed by atoms with Crippen molar-refractivity contribution in [1.82, 2.24) is 4.90 Å². The Hall–Kier alpha value is -2.04. The van der Waals surface area contributed by atoms with Gasteiger partial charge in [0.15, 0.2) is 11.5 Å². The molecular formula is C23H33N3O2. The molecule has 0 aromatic heterocycles. The zero-order valence-corrected chi connectivity index (χ0v) is 17.5. The molecule has 3 aliphatic rings. The summed E-state index contributed by atoms with van der Waals surface area (Å²) in [5, 5.41) is 0. The Labute approximate surface area is 168 Å². The van der Waals surface area contributed by atoms with Crippen molar-refractivity contribution in [3.8, 4) is 5.75 Å². The van der Waals surface area contributed by atoms with E-state index in [0.717, 1.165) is 18.1 Å². The average Bonchev–Trinajstić information content (AvgIpc) is 3.47. The van der Waals surface area contributed by atoms with Gasteiger partial charge in [0, 0.05) is 7.05 Å². The van der Waals surface area contributed by atoms with Crippen LogP contribution in [0.5, 0.6) is 5.75 Å². The van der Waals surface area contributed by atoms with Crippen LogP contribution in [-0.2, 0) is 4.79 Å². The number of amides is 1. The smallest absolute Gasteiger partial charge is 0.260 e. The highest BCUT2D eigenvalue weighted by molar-refractivity contribution is 6.06. The van der Waals surface area contributed by atoms with Gasteiger partial charge in [0.1, 0.15) is 12.4 Å². The second kappa shape index (κ2) is 7.41. The molecule has 0 saturated heterocycles. The van der Waals surface area contributed by atoms with E-state index >= 15 is 0 Å². The zero-order valence-electron chi connectivity index (χ0n) is 17.5. The van der Waals surface area contributed by atoms with Gasteiger partial charge >= 0.3 is 0 Å². The molecule has 1 atom stereocenters. The van der Waals surface area contributed by atoms with Crippen molar-refractivity contribution in [3.05, 3.63) is 28.8 Å². The molecule has 0 radical (unpaired) electrons. The van der Waals surface area contributed by atoms with E-state index in [2.05, 4.69) is 31.0 Å². The second-order valence-corrected chi connectivity index (χ2v) is 9.11. The molecule has 1 aliphatic heterocycles. The van der Waals surface area contributed by atoms with Crippen molar-refractivity contribution in [1.29, 1.82) is 0 Å². The number of nitrogens with zero attached hydrogens (tertiary/aromatic N) is 2. The van der Waals surface area contributed by atoms with E-state index in [1.54, 1.807) is 7.05 Å². The lowest BCUT2D eigenvalue weighted by atomic mass is 9.79. The highest BCUT2D eigenvalue weighted by Gasteiger charge is 2.48. The van der Waals surface area contributed by atoms with Crippen LogP contribution in [0.1, 0.15) is 74.0 Å². The Balaban J connectivity index is 1.54. The van der Waals surface area contributed by atoms with Gasteiger partial charge in [-0.25, -0.2) is 4.99 Å². The summed E-state index contributed by atoms with van der Waals surface area (Å²) in [6.45, 7) is 4.58. The third-order valence-corrected chi connectivity index (χ3v) is 6.76. The Morgan fingerprint density at radius 2 is 1.79 bits per heavy atom. The summed E-state index contributed by atoms with van der Waals surface area (Å²) in [7, 11) is 1.71. The van der Waals surface area contributed by atoms with Crippen LogP contribution in [-0.4, -0.2) is 36.0 Å². The molecule has 0 bridgehead atoms. The number of likely N-dealkylation sites (N-methyl/N-ethyl adjacent to an activating group) is 1. The number of aryl methyl sites for hydroxylation is 2. The predicted octanol–water partition coefficient (Wildman–Crippen LogP) is 4.06. The zero-order chi connectivity index (χ0) is 19.9. The number of aliphatic imine (C=N–C) groups is 1. The number of hydrogen-bond donors (Lipinski definition) is 1. The first-order valence-electron chi connectivity index (χ1n) is 10.8. The number of benzene rings is 1. The summed E-state index contributed by atoms with van der Waals surface area (Å²) in [5.41, 5.74) is 9.20. The van der Waals surface area contributed by atoms with Crippen molar-refractivity contribution in [2.24, 2.45) is 16.6 Å². The Kier molecular flexibility index (Phi) is 5.11. The van der Waals surface area contributed by atoms with Crippen LogP contribution in [0.15, 0.2) is 17.1 Å². The summed E-state index contributed by atoms with van der Waals surface area (Å²) < 4.78 is 6.21. The van der Waals surface area contributed by atoms with E-state index in [4.69, 9.17) is 10.5 Å². The van der Waals surface area contributed by atoms with E-state index < -0.39 is 5.54 Å². The SMILES string of the molecule is Cc1cc(OCC2(CC3CCCCC3)N=C(N)N(C)C2=O)cc(C)c1C1CC1. The van der Waals surface area contributed by atoms with Crippen LogP contribution >= 0.6 is 0 Å². The predicted molar refractivity (Wildman–Crippen MR) is 112 cm³/mol. The Bertz CT molecular complexity index is 770. The van der Waals surface area contributed by atoms with Gasteiger partial charge in [-0.15, -0.1) is 0 Å². The number of rotatable bonds is 6. The number of nitrogens with two attached hydrogens (primary N) is 1. The van der Waals surface area contributed by atoms with Crippen LogP contribution < -0.4 is 10.5 Å². The molecule has 2 aliphatic carbocycles. The molecule has 4 rings (SSSR count). The Morgan fingerprint density at radius 3 is 2.32 bits per heavy atom. The maximum Gasteiger partial charge on any atom is 0.260 e. The van der Waals surface area contributed by atoms with Crippen LogP contribution in [0.3, 0.4) is 0 Å². The largest absolute Gasteiger partial charge is 0.490 e. The van der Waals surface area contributed by atoms with Gasteiger partial charge in [-0.1, -0.05) is 32.1 Å².